The molecule has 1 unspecified atom stereocenters. The highest BCUT2D eigenvalue weighted by Crippen LogP contribution is 2.08. The second-order valence-corrected chi connectivity index (χ2v) is 4.75. The summed E-state index contributed by atoms with van der Waals surface area (Å²) in [6.45, 7) is 1.09. The maximum absolute atomic E-state index is 11.8. The molecule has 0 radical (unpaired) electrons. The van der Waals surface area contributed by atoms with Crippen LogP contribution >= 0.6 is 12.4 Å². The predicted molar refractivity (Wildman–Crippen MR) is 87.3 cm³/mol. The van der Waals surface area contributed by atoms with E-state index in [1.54, 1.807) is 4.57 Å². The Kier molecular flexibility index (Phi) is 7.10. The Hall–Kier alpha value is -1.83. The number of hydrogen-bond acceptors (Lipinski definition) is 4. The third-order valence-electron chi connectivity index (χ3n) is 3.35. The number of carbonyl (C=O) groups is 1. The summed E-state index contributed by atoms with van der Waals surface area (Å²) in [4.78, 5) is 26.3. The molecule has 0 fully saturated rings. The number of ether oxygens (including phenoxy) is 1. The number of hydrogen-bond donors (Lipinski definition) is 3. The molecule has 1 heterocycles. The molecule has 8 heteroatoms. The number of halogens is 1. The number of H-pyrrole nitrogens is 1. The van der Waals surface area contributed by atoms with Gasteiger partial charge < -0.3 is 20.8 Å². The van der Waals surface area contributed by atoms with Crippen LogP contribution in [0.1, 0.15) is 6.42 Å². The molecule has 1 aromatic carbocycles. The minimum absolute atomic E-state index is 0. The molecule has 0 spiro atoms. The van der Waals surface area contributed by atoms with Crippen LogP contribution in [0.15, 0.2) is 29.1 Å². The Morgan fingerprint density at radius 1 is 1.45 bits per heavy atom. The SMILES string of the molecule is COC(CN)CC(=O)NCCn1c(=O)[nH]c2ccccc21.Cl. The molecule has 0 aliphatic rings. The van der Waals surface area contributed by atoms with Crippen molar-refractivity contribution >= 4 is 29.3 Å². The van der Waals surface area contributed by atoms with E-state index in [1.165, 1.54) is 7.11 Å². The van der Waals surface area contributed by atoms with Gasteiger partial charge in [0, 0.05) is 26.7 Å². The fraction of sp³-hybridized carbons (Fsp3) is 0.429. The average Bonchev–Trinajstić information content (AvgIpc) is 2.81. The van der Waals surface area contributed by atoms with Crippen LogP contribution in [-0.4, -0.2) is 41.8 Å². The standard InChI is InChI=1S/C14H20N4O3.ClH/c1-21-10(9-15)8-13(19)16-6-7-18-12-5-3-2-4-11(12)17-14(18)20;/h2-5,10H,6-9,15H2,1H3,(H,16,19)(H,17,20);1H. The van der Waals surface area contributed by atoms with Gasteiger partial charge in [0.1, 0.15) is 0 Å². The van der Waals surface area contributed by atoms with Gasteiger partial charge >= 0.3 is 5.69 Å². The van der Waals surface area contributed by atoms with Gasteiger partial charge in [-0.1, -0.05) is 12.1 Å². The first-order valence-corrected chi connectivity index (χ1v) is 6.82. The number of rotatable bonds is 7. The second-order valence-electron chi connectivity index (χ2n) is 4.75. The van der Waals surface area contributed by atoms with E-state index in [1.807, 2.05) is 24.3 Å². The van der Waals surface area contributed by atoms with E-state index in [0.29, 0.717) is 19.6 Å². The minimum atomic E-state index is -0.277. The summed E-state index contributed by atoms with van der Waals surface area (Å²) >= 11 is 0. The lowest BCUT2D eigenvalue weighted by molar-refractivity contribution is -0.123. The molecule has 1 aromatic heterocycles. The highest BCUT2D eigenvalue weighted by Gasteiger charge is 2.11. The highest BCUT2D eigenvalue weighted by atomic mass is 35.5. The fourth-order valence-electron chi connectivity index (χ4n) is 2.18. The van der Waals surface area contributed by atoms with Crippen molar-refractivity contribution in [1.82, 2.24) is 14.9 Å². The molecule has 0 bridgehead atoms. The quantitative estimate of drug-likeness (QED) is 0.677. The van der Waals surface area contributed by atoms with Gasteiger partial charge in [-0.3, -0.25) is 9.36 Å². The molecular weight excluding hydrogens is 308 g/mol. The maximum Gasteiger partial charge on any atom is 0.326 e. The van der Waals surface area contributed by atoms with Crippen molar-refractivity contribution in [3.05, 3.63) is 34.7 Å². The van der Waals surface area contributed by atoms with Gasteiger partial charge in [0.25, 0.3) is 0 Å². The van der Waals surface area contributed by atoms with Crippen LogP contribution in [-0.2, 0) is 16.1 Å². The van der Waals surface area contributed by atoms with Crippen molar-refractivity contribution in [3.63, 3.8) is 0 Å². The number of nitrogens with two attached hydrogens (primary N) is 1. The summed E-state index contributed by atoms with van der Waals surface area (Å²) in [5.74, 6) is -0.139. The highest BCUT2D eigenvalue weighted by molar-refractivity contribution is 5.85. The predicted octanol–water partition coefficient (Wildman–Crippen LogP) is 0.231. The monoisotopic (exact) mass is 328 g/mol. The molecule has 122 valence electrons. The van der Waals surface area contributed by atoms with Crippen molar-refractivity contribution < 1.29 is 9.53 Å². The lowest BCUT2D eigenvalue weighted by atomic mass is 10.2. The number of aromatic nitrogens is 2. The molecule has 7 nitrogen and oxygen atoms in total. The topological polar surface area (TPSA) is 102 Å². The zero-order valence-corrected chi connectivity index (χ0v) is 13.2. The van der Waals surface area contributed by atoms with Gasteiger partial charge in [-0.05, 0) is 12.1 Å². The van der Waals surface area contributed by atoms with E-state index in [0.717, 1.165) is 11.0 Å². The minimum Gasteiger partial charge on any atom is -0.380 e. The van der Waals surface area contributed by atoms with E-state index in [9.17, 15) is 9.59 Å². The first kappa shape index (κ1) is 18.2. The van der Waals surface area contributed by atoms with Gasteiger partial charge in [-0.15, -0.1) is 12.4 Å². The summed E-state index contributed by atoms with van der Waals surface area (Å²) in [7, 11) is 1.52. The van der Waals surface area contributed by atoms with Crippen molar-refractivity contribution in [2.75, 3.05) is 20.2 Å². The van der Waals surface area contributed by atoms with Crippen LogP contribution in [0.3, 0.4) is 0 Å². The largest absolute Gasteiger partial charge is 0.380 e. The molecule has 0 aliphatic heterocycles. The molecule has 2 rings (SSSR count). The van der Waals surface area contributed by atoms with Gasteiger partial charge in [-0.2, -0.15) is 0 Å². The Labute approximate surface area is 134 Å². The zero-order chi connectivity index (χ0) is 15.2. The molecule has 0 saturated heterocycles. The number of methoxy groups -OCH3 is 1. The number of benzene rings is 1. The van der Waals surface area contributed by atoms with Crippen LogP contribution in [0.4, 0.5) is 0 Å². The Morgan fingerprint density at radius 3 is 2.86 bits per heavy atom. The van der Waals surface area contributed by atoms with E-state index in [2.05, 4.69) is 10.3 Å². The summed E-state index contributed by atoms with van der Waals surface area (Å²) in [5, 5.41) is 2.76. The number of nitrogens with zero attached hydrogens (tertiary/aromatic N) is 1. The van der Waals surface area contributed by atoms with E-state index < -0.39 is 0 Å². The number of amides is 1. The van der Waals surface area contributed by atoms with Crippen molar-refractivity contribution in [3.8, 4) is 0 Å². The smallest absolute Gasteiger partial charge is 0.326 e. The average molecular weight is 329 g/mol. The van der Waals surface area contributed by atoms with E-state index in [-0.39, 0.29) is 36.5 Å². The molecular formula is C14H21ClN4O3. The summed E-state index contributed by atoms with van der Waals surface area (Å²) in [6, 6.07) is 7.44. The Balaban J connectivity index is 0.00000242. The normalized spacial score (nSPS) is 11.9. The van der Waals surface area contributed by atoms with Gasteiger partial charge in [-0.25, -0.2) is 4.79 Å². The van der Waals surface area contributed by atoms with Gasteiger partial charge in [0.2, 0.25) is 5.91 Å². The van der Waals surface area contributed by atoms with Crippen LogP contribution in [0, 0.1) is 0 Å². The molecule has 0 aliphatic carbocycles. The summed E-state index contributed by atoms with van der Waals surface area (Å²) < 4.78 is 6.66. The summed E-state index contributed by atoms with van der Waals surface area (Å²) in [6.07, 6.45) is -0.0590. The number of nitrogens with one attached hydrogen (secondary N) is 2. The van der Waals surface area contributed by atoms with Crippen molar-refractivity contribution in [1.29, 1.82) is 0 Å². The first-order chi connectivity index (χ1) is 10.2. The summed E-state index contributed by atoms with van der Waals surface area (Å²) in [5.41, 5.74) is 6.90. The molecule has 0 saturated carbocycles. The molecule has 1 atom stereocenters. The first-order valence-electron chi connectivity index (χ1n) is 6.82. The second kappa shape index (κ2) is 8.57. The maximum atomic E-state index is 11.8. The number of aromatic amines is 1. The molecule has 2 aromatic rings. The molecule has 22 heavy (non-hydrogen) atoms. The number of fused-ring (bicyclic) bond motifs is 1. The fourth-order valence-corrected chi connectivity index (χ4v) is 2.18. The van der Waals surface area contributed by atoms with Crippen LogP contribution in [0.2, 0.25) is 0 Å². The molecule has 1 amide bonds. The number of carbonyl (C=O) groups excluding carboxylic acids is 1. The lowest BCUT2D eigenvalue weighted by Crippen LogP contribution is -2.34. The van der Waals surface area contributed by atoms with Gasteiger partial charge in [0.15, 0.2) is 0 Å². The van der Waals surface area contributed by atoms with Crippen LogP contribution in [0.5, 0.6) is 0 Å². The lowest BCUT2D eigenvalue weighted by Gasteiger charge is -2.12. The van der Waals surface area contributed by atoms with Crippen molar-refractivity contribution in [2.24, 2.45) is 5.73 Å². The van der Waals surface area contributed by atoms with Gasteiger partial charge in [0.05, 0.1) is 23.6 Å². The molecule has 4 N–H and O–H groups in total. The Morgan fingerprint density at radius 2 is 2.18 bits per heavy atom. The third-order valence-corrected chi connectivity index (χ3v) is 3.35. The van der Waals surface area contributed by atoms with E-state index in [4.69, 9.17) is 10.5 Å². The number of para-hydroxylation sites is 2. The van der Waals surface area contributed by atoms with Crippen LogP contribution < -0.4 is 16.7 Å². The Bertz CT molecular complexity index is 663. The van der Waals surface area contributed by atoms with E-state index >= 15 is 0 Å². The third kappa shape index (κ3) is 4.33. The number of imidazole rings is 1. The van der Waals surface area contributed by atoms with Crippen LogP contribution in [0.25, 0.3) is 11.0 Å². The van der Waals surface area contributed by atoms with Crippen molar-refractivity contribution in [2.45, 2.75) is 19.1 Å². The zero-order valence-electron chi connectivity index (χ0n) is 12.4.